The number of methoxy groups -OCH3 is 1. The van der Waals surface area contributed by atoms with Crippen molar-refractivity contribution in [3.05, 3.63) is 52.0 Å². The highest BCUT2D eigenvalue weighted by Crippen LogP contribution is 2.28. The van der Waals surface area contributed by atoms with E-state index in [1.807, 2.05) is 6.92 Å². The lowest BCUT2D eigenvalue weighted by Gasteiger charge is -2.12. The van der Waals surface area contributed by atoms with Crippen LogP contribution in [0.15, 0.2) is 36.4 Å². The Bertz CT molecular complexity index is 845. The molecule has 0 radical (unpaired) electrons. The topological polar surface area (TPSA) is 85.9 Å². The second-order valence-corrected chi connectivity index (χ2v) is 6.40. The summed E-state index contributed by atoms with van der Waals surface area (Å²) in [6.45, 7) is 2.21. The molecule has 2 N–H and O–H groups in total. The molecule has 0 bridgehead atoms. The van der Waals surface area contributed by atoms with Crippen molar-refractivity contribution in [2.24, 2.45) is 0 Å². The maximum atomic E-state index is 12.2. The maximum Gasteiger partial charge on any atom is 0.276 e. The van der Waals surface area contributed by atoms with Gasteiger partial charge < -0.3 is 14.2 Å². The summed E-state index contributed by atoms with van der Waals surface area (Å²) >= 11 is 11.7. The fourth-order valence-corrected chi connectivity index (χ4v) is 2.38. The molecule has 0 aliphatic rings. The molecule has 9 heteroatoms. The number of carbonyl (C=O) groups excluding carboxylic acids is 2. The van der Waals surface area contributed by atoms with Gasteiger partial charge in [-0.3, -0.25) is 20.4 Å². The van der Waals surface area contributed by atoms with Crippen LogP contribution in [0.4, 0.5) is 0 Å². The van der Waals surface area contributed by atoms with Crippen molar-refractivity contribution in [3.8, 4) is 17.2 Å². The zero-order valence-corrected chi connectivity index (χ0v) is 16.9. The first-order valence-corrected chi connectivity index (χ1v) is 9.18. The van der Waals surface area contributed by atoms with Gasteiger partial charge in [0.1, 0.15) is 5.75 Å². The molecule has 0 aromatic heterocycles. The van der Waals surface area contributed by atoms with E-state index in [-0.39, 0.29) is 6.61 Å². The molecule has 0 atom stereocenters. The highest BCUT2D eigenvalue weighted by atomic mass is 35.5. The van der Waals surface area contributed by atoms with Crippen molar-refractivity contribution in [3.63, 3.8) is 0 Å². The number of nitrogens with one attached hydrogen (secondary N) is 2. The third-order valence-electron chi connectivity index (χ3n) is 3.46. The van der Waals surface area contributed by atoms with Gasteiger partial charge in [0.2, 0.25) is 0 Å². The Morgan fingerprint density at radius 2 is 1.75 bits per heavy atom. The van der Waals surface area contributed by atoms with Gasteiger partial charge in [0.05, 0.1) is 23.8 Å². The van der Waals surface area contributed by atoms with E-state index >= 15 is 0 Å². The molecular weight excluding hydrogens is 407 g/mol. The van der Waals surface area contributed by atoms with E-state index < -0.39 is 11.8 Å². The van der Waals surface area contributed by atoms with Crippen molar-refractivity contribution < 1.29 is 23.8 Å². The lowest BCUT2D eigenvalue weighted by Crippen LogP contribution is -2.43. The summed E-state index contributed by atoms with van der Waals surface area (Å²) in [5.74, 6) is 0.288. The van der Waals surface area contributed by atoms with Gasteiger partial charge in [0.25, 0.3) is 11.8 Å². The van der Waals surface area contributed by atoms with Crippen LogP contribution < -0.4 is 25.1 Å². The highest BCUT2D eigenvalue weighted by Gasteiger charge is 2.12. The number of carbonyl (C=O) groups is 2. The van der Waals surface area contributed by atoms with Crippen LogP contribution in [-0.2, 0) is 4.79 Å². The number of ether oxygens (including phenoxy) is 3. The second kappa shape index (κ2) is 10.6. The molecule has 150 valence electrons. The zero-order valence-electron chi connectivity index (χ0n) is 15.4. The lowest BCUT2D eigenvalue weighted by atomic mass is 10.2. The number of hydrogen-bond acceptors (Lipinski definition) is 5. The van der Waals surface area contributed by atoms with Gasteiger partial charge >= 0.3 is 0 Å². The van der Waals surface area contributed by atoms with E-state index in [1.54, 1.807) is 24.3 Å². The molecule has 0 aliphatic carbocycles. The number of rotatable bonds is 8. The smallest absolute Gasteiger partial charge is 0.276 e. The molecule has 0 heterocycles. The van der Waals surface area contributed by atoms with Gasteiger partial charge in [-0.1, -0.05) is 30.1 Å². The fourth-order valence-electron chi connectivity index (χ4n) is 2.09. The van der Waals surface area contributed by atoms with Crippen LogP contribution in [0, 0.1) is 0 Å². The summed E-state index contributed by atoms with van der Waals surface area (Å²) < 4.78 is 16.1. The van der Waals surface area contributed by atoms with Gasteiger partial charge in [-0.05, 0) is 36.8 Å². The quantitative estimate of drug-likeness (QED) is 0.629. The predicted octanol–water partition coefficient (Wildman–Crippen LogP) is 3.63. The van der Waals surface area contributed by atoms with Crippen molar-refractivity contribution in [1.29, 1.82) is 0 Å². The standard InChI is InChI=1S/C19H20Cl2N2O5/c1-3-8-27-16-7-4-12(9-17(16)26-2)19(25)23-22-18(24)11-28-13-5-6-14(20)15(21)10-13/h4-7,9-10H,3,8,11H2,1-2H3,(H,22,24)(H,23,25). The van der Waals surface area contributed by atoms with Crippen LogP contribution in [0.2, 0.25) is 10.0 Å². The first-order chi connectivity index (χ1) is 13.4. The summed E-state index contributed by atoms with van der Waals surface area (Å²) in [6, 6.07) is 9.36. The number of benzene rings is 2. The largest absolute Gasteiger partial charge is 0.493 e. The van der Waals surface area contributed by atoms with E-state index in [4.69, 9.17) is 37.4 Å². The minimum Gasteiger partial charge on any atom is -0.493 e. The van der Waals surface area contributed by atoms with Gasteiger partial charge in [-0.2, -0.15) is 0 Å². The van der Waals surface area contributed by atoms with Gasteiger partial charge in [0, 0.05) is 11.6 Å². The molecular formula is C19H20Cl2N2O5. The monoisotopic (exact) mass is 426 g/mol. The summed E-state index contributed by atoms with van der Waals surface area (Å²) in [5, 5.41) is 0.695. The SMILES string of the molecule is CCCOc1ccc(C(=O)NNC(=O)COc2ccc(Cl)c(Cl)c2)cc1OC. The molecule has 0 unspecified atom stereocenters. The van der Waals surface area contributed by atoms with Crippen LogP contribution in [0.1, 0.15) is 23.7 Å². The highest BCUT2D eigenvalue weighted by molar-refractivity contribution is 6.42. The number of hydrogen-bond donors (Lipinski definition) is 2. The molecule has 0 saturated heterocycles. The molecule has 28 heavy (non-hydrogen) atoms. The Kier molecular flexibility index (Phi) is 8.22. The fraction of sp³-hybridized carbons (Fsp3) is 0.263. The first-order valence-electron chi connectivity index (χ1n) is 8.42. The third kappa shape index (κ3) is 6.21. The molecule has 0 fully saturated rings. The minimum absolute atomic E-state index is 0.298. The molecule has 7 nitrogen and oxygen atoms in total. The van der Waals surface area contributed by atoms with Crippen LogP contribution in [0.5, 0.6) is 17.2 Å². The van der Waals surface area contributed by atoms with Gasteiger partial charge in [0.15, 0.2) is 18.1 Å². The van der Waals surface area contributed by atoms with E-state index in [9.17, 15) is 9.59 Å². The van der Waals surface area contributed by atoms with Crippen LogP contribution >= 0.6 is 23.2 Å². The Hall–Kier alpha value is -2.64. The summed E-state index contributed by atoms with van der Waals surface area (Å²) in [6.07, 6.45) is 0.849. The number of amides is 2. The Morgan fingerprint density at radius 3 is 2.43 bits per heavy atom. The zero-order chi connectivity index (χ0) is 20.5. The minimum atomic E-state index is -0.547. The Morgan fingerprint density at radius 1 is 0.964 bits per heavy atom. The first kappa shape index (κ1) is 21.7. The molecule has 0 aliphatic heterocycles. The average molecular weight is 427 g/mol. The van der Waals surface area contributed by atoms with Crippen LogP contribution in [0.3, 0.4) is 0 Å². The Balaban J connectivity index is 1.86. The molecule has 2 aromatic rings. The van der Waals surface area contributed by atoms with Crippen molar-refractivity contribution in [2.75, 3.05) is 20.3 Å². The van der Waals surface area contributed by atoms with Crippen LogP contribution in [0.25, 0.3) is 0 Å². The van der Waals surface area contributed by atoms with Gasteiger partial charge in [-0.15, -0.1) is 0 Å². The molecule has 2 rings (SSSR count). The van der Waals surface area contributed by atoms with E-state index in [1.165, 1.54) is 19.2 Å². The summed E-state index contributed by atoms with van der Waals surface area (Å²) in [5.41, 5.74) is 4.87. The van der Waals surface area contributed by atoms with Gasteiger partial charge in [-0.25, -0.2) is 0 Å². The van der Waals surface area contributed by atoms with Crippen LogP contribution in [-0.4, -0.2) is 32.1 Å². The summed E-state index contributed by atoms with van der Waals surface area (Å²) in [4.78, 5) is 24.0. The molecule has 0 saturated carbocycles. The van der Waals surface area contributed by atoms with E-state index in [2.05, 4.69) is 10.9 Å². The van der Waals surface area contributed by atoms with Crippen molar-refractivity contribution in [1.82, 2.24) is 10.9 Å². The van der Waals surface area contributed by atoms with Crippen molar-refractivity contribution >= 4 is 35.0 Å². The third-order valence-corrected chi connectivity index (χ3v) is 4.20. The maximum absolute atomic E-state index is 12.2. The average Bonchev–Trinajstić information content (AvgIpc) is 2.71. The Labute approximate surface area is 172 Å². The molecule has 2 amide bonds. The van der Waals surface area contributed by atoms with Crippen molar-refractivity contribution in [2.45, 2.75) is 13.3 Å². The molecule has 0 spiro atoms. The second-order valence-electron chi connectivity index (χ2n) is 5.58. The predicted molar refractivity (Wildman–Crippen MR) is 106 cm³/mol. The summed E-state index contributed by atoms with van der Waals surface area (Å²) in [7, 11) is 1.48. The number of hydrazine groups is 1. The number of halogens is 2. The molecule has 2 aromatic carbocycles. The normalized spacial score (nSPS) is 10.1. The van der Waals surface area contributed by atoms with E-state index in [0.717, 1.165) is 6.42 Å². The van der Waals surface area contributed by atoms with E-state index in [0.29, 0.717) is 39.5 Å². The lowest BCUT2D eigenvalue weighted by molar-refractivity contribution is -0.123.